The van der Waals surface area contributed by atoms with Gasteiger partial charge in [0.2, 0.25) is 0 Å². The minimum absolute atomic E-state index is 0.637. The van der Waals surface area contributed by atoms with Gasteiger partial charge in [0.1, 0.15) is 0 Å². The van der Waals surface area contributed by atoms with E-state index in [4.69, 9.17) is 11.6 Å². The average molecular weight is 266 g/mol. The van der Waals surface area contributed by atoms with E-state index in [0.717, 1.165) is 24.0 Å². The smallest absolute Gasteiger partial charge is 0.0408 e. The Kier molecular flexibility index (Phi) is 5.52. The van der Waals surface area contributed by atoms with Gasteiger partial charge in [0.15, 0.2) is 0 Å². The molecule has 1 saturated carbocycles. The molecular formula is C16H24ClN. The number of nitrogens with one attached hydrogen (secondary N) is 1. The highest BCUT2D eigenvalue weighted by atomic mass is 35.5. The van der Waals surface area contributed by atoms with Gasteiger partial charge in [-0.2, -0.15) is 0 Å². The zero-order valence-electron chi connectivity index (χ0n) is 11.3. The quantitative estimate of drug-likeness (QED) is 0.741. The Balaban J connectivity index is 2.07. The Morgan fingerprint density at radius 2 is 2.11 bits per heavy atom. The molecule has 0 radical (unpaired) electrons. The van der Waals surface area contributed by atoms with Crippen molar-refractivity contribution in [2.75, 3.05) is 13.1 Å². The molecule has 18 heavy (non-hydrogen) atoms. The van der Waals surface area contributed by atoms with Crippen molar-refractivity contribution >= 4 is 11.6 Å². The maximum absolute atomic E-state index is 6.14. The zero-order valence-corrected chi connectivity index (χ0v) is 12.0. The van der Waals surface area contributed by atoms with Crippen LogP contribution in [0.25, 0.3) is 0 Å². The Labute approximate surface area is 116 Å². The number of halogens is 1. The van der Waals surface area contributed by atoms with Gasteiger partial charge in [-0.25, -0.2) is 0 Å². The van der Waals surface area contributed by atoms with E-state index < -0.39 is 0 Å². The highest BCUT2D eigenvalue weighted by molar-refractivity contribution is 6.30. The molecule has 0 saturated heterocycles. The Bertz CT molecular complexity index is 358. The summed E-state index contributed by atoms with van der Waals surface area (Å²) in [5, 5.41) is 4.45. The molecule has 0 bridgehead atoms. The minimum Gasteiger partial charge on any atom is -0.316 e. The highest BCUT2D eigenvalue weighted by Gasteiger charge is 2.26. The number of hydrogen-bond donors (Lipinski definition) is 1. The van der Waals surface area contributed by atoms with Gasteiger partial charge in [0.05, 0.1) is 0 Å². The zero-order chi connectivity index (χ0) is 12.8. The maximum atomic E-state index is 6.14. The third-order valence-electron chi connectivity index (χ3n) is 4.04. The van der Waals surface area contributed by atoms with Crippen LogP contribution in [0.2, 0.25) is 5.02 Å². The van der Waals surface area contributed by atoms with Crippen molar-refractivity contribution in [3.63, 3.8) is 0 Å². The molecule has 0 amide bonds. The first-order valence-corrected chi connectivity index (χ1v) is 7.65. The molecule has 100 valence electrons. The summed E-state index contributed by atoms with van der Waals surface area (Å²) in [6.45, 7) is 4.43. The Morgan fingerprint density at radius 3 is 2.78 bits per heavy atom. The van der Waals surface area contributed by atoms with E-state index in [1.54, 1.807) is 0 Å². The normalized spacial score (nSPS) is 18.1. The lowest BCUT2D eigenvalue weighted by Gasteiger charge is -2.24. The largest absolute Gasteiger partial charge is 0.316 e. The van der Waals surface area contributed by atoms with Gasteiger partial charge in [-0.05, 0) is 55.3 Å². The van der Waals surface area contributed by atoms with Crippen molar-refractivity contribution in [3.8, 4) is 0 Å². The van der Waals surface area contributed by atoms with Gasteiger partial charge >= 0.3 is 0 Å². The monoisotopic (exact) mass is 265 g/mol. The molecule has 1 fully saturated rings. The first-order chi connectivity index (χ1) is 8.81. The van der Waals surface area contributed by atoms with E-state index in [1.807, 2.05) is 6.07 Å². The van der Waals surface area contributed by atoms with Crippen molar-refractivity contribution in [2.45, 2.75) is 44.9 Å². The standard InChI is InChI=1S/C16H24ClN/c1-2-10-18-12-16(13-6-3-4-7-13)14-8-5-9-15(17)11-14/h5,8-9,11,13,16,18H,2-4,6-7,10,12H2,1H3. The van der Waals surface area contributed by atoms with E-state index in [9.17, 15) is 0 Å². The summed E-state index contributed by atoms with van der Waals surface area (Å²) in [4.78, 5) is 0. The second-order valence-electron chi connectivity index (χ2n) is 5.41. The topological polar surface area (TPSA) is 12.0 Å². The summed E-state index contributed by atoms with van der Waals surface area (Å²) in [7, 11) is 0. The van der Waals surface area contributed by atoms with E-state index in [0.29, 0.717) is 5.92 Å². The number of benzene rings is 1. The molecule has 0 spiro atoms. The van der Waals surface area contributed by atoms with Crippen molar-refractivity contribution in [2.24, 2.45) is 5.92 Å². The van der Waals surface area contributed by atoms with Gasteiger partial charge in [-0.15, -0.1) is 0 Å². The lowest BCUT2D eigenvalue weighted by Crippen LogP contribution is -2.26. The van der Waals surface area contributed by atoms with Crippen LogP contribution in [0, 0.1) is 5.92 Å². The molecule has 1 unspecified atom stereocenters. The van der Waals surface area contributed by atoms with Crippen LogP contribution in [0.1, 0.15) is 50.5 Å². The summed E-state index contributed by atoms with van der Waals surface area (Å²) in [5.41, 5.74) is 1.41. The summed E-state index contributed by atoms with van der Waals surface area (Å²) in [5.74, 6) is 1.48. The first-order valence-electron chi connectivity index (χ1n) is 7.27. The average Bonchev–Trinajstić information content (AvgIpc) is 2.88. The molecule has 1 aliphatic carbocycles. The van der Waals surface area contributed by atoms with Gasteiger partial charge in [0.25, 0.3) is 0 Å². The summed E-state index contributed by atoms with van der Waals surface area (Å²) in [6.07, 6.45) is 6.76. The van der Waals surface area contributed by atoms with Gasteiger partial charge in [-0.1, -0.05) is 43.5 Å². The van der Waals surface area contributed by atoms with Crippen LogP contribution in [-0.2, 0) is 0 Å². The first kappa shape index (κ1) is 13.9. The molecular weight excluding hydrogens is 242 g/mol. The van der Waals surface area contributed by atoms with Crippen molar-refractivity contribution in [1.29, 1.82) is 0 Å². The molecule has 1 nitrogen and oxygen atoms in total. The summed E-state index contributed by atoms with van der Waals surface area (Å²) in [6, 6.07) is 8.44. The van der Waals surface area contributed by atoms with Crippen LogP contribution in [0.5, 0.6) is 0 Å². The maximum Gasteiger partial charge on any atom is 0.0408 e. The van der Waals surface area contributed by atoms with E-state index in [-0.39, 0.29) is 0 Å². The van der Waals surface area contributed by atoms with Crippen molar-refractivity contribution in [3.05, 3.63) is 34.9 Å². The molecule has 1 atom stereocenters. The predicted octanol–water partition coefficient (Wildman–Crippen LogP) is 4.61. The fourth-order valence-corrected chi connectivity index (χ4v) is 3.29. The second kappa shape index (κ2) is 7.16. The fraction of sp³-hybridized carbons (Fsp3) is 0.625. The third-order valence-corrected chi connectivity index (χ3v) is 4.27. The Hall–Kier alpha value is -0.530. The van der Waals surface area contributed by atoms with Crippen LogP contribution >= 0.6 is 11.6 Å². The van der Waals surface area contributed by atoms with Crippen LogP contribution < -0.4 is 5.32 Å². The molecule has 0 aromatic heterocycles. The van der Waals surface area contributed by atoms with Crippen LogP contribution in [0.4, 0.5) is 0 Å². The highest BCUT2D eigenvalue weighted by Crippen LogP contribution is 2.37. The van der Waals surface area contributed by atoms with Crippen molar-refractivity contribution < 1.29 is 0 Å². The molecule has 2 rings (SSSR count). The molecule has 0 aliphatic heterocycles. The van der Waals surface area contributed by atoms with Crippen LogP contribution in [0.15, 0.2) is 24.3 Å². The number of rotatable bonds is 6. The van der Waals surface area contributed by atoms with E-state index in [2.05, 4.69) is 30.4 Å². The van der Waals surface area contributed by atoms with Crippen LogP contribution in [0.3, 0.4) is 0 Å². The van der Waals surface area contributed by atoms with E-state index >= 15 is 0 Å². The number of hydrogen-bond acceptors (Lipinski definition) is 1. The van der Waals surface area contributed by atoms with Crippen LogP contribution in [-0.4, -0.2) is 13.1 Å². The molecule has 1 aliphatic rings. The Morgan fingerprint density at radius 1 is 1.33 bits per heavy atom. The fourth-order valence-electron chi connectivity index (χ4n) is 3.09. The molecule has 2 heteroatoms. The van der Waals surface area contributed by atoms with Gasteiger partial charge in [0, 0.05) is 11.6 Å². The third kappa shape index (κ3) is 3.73. The van der Waals surface area contributed by atoms with Crippen molar-refractivity contribution in [1.82, 2.24) is 5.32 Å². The molecule has 1 aromatic carbocycles. The van der Waals surface area contributed by atoms with E-state index in [1.165, 1.54) is 37.7 Å². The molecule has 1 aromatic rings. The lowest BCUT2D eigenvalue weighted by atomic mass is 9.85. The summed E-state index contributed by atoms with van der Waals surface area (Å²) >= 11 is 6.14. The predicted molar refractivity (Wildman–Crippen MR) is 79.3 cm³/mol. The summed E-state index contributed by atoms with van der Waals surface area (Å²) < 4.78 is 0. The molecule has 0 heterocycles. The molecule has 1 N–H and O–H groups in total. The minimum atomic E-state index is 0.637. The SMILES string of the molecule is CCCNCC(c1cccc(Cl)c1)C1CCCC1. The lowest BCUT2D eigenvalue weighted by molar-refractivity contribution is 0.411. The second-order valence-corrected chi connectivity index (χ2v) is 5.85. The van der Waals surface area contributed by atoms with Gasteiger partial charge < -0.3 is 5.32 Å². The van der Waals surface area contributed by atoms with Gasteiger partial charge in [-0.3, -0.25) is 0 Å².